The second kappa shape index (κ2) is 8.14. The molecule has 7 heteroatoms. The summed E-state index contributed by atoms with van der Waals surface area (Å²) in [6.07, 6.45) is 1.49. The molecule has 0 atom stereocenters. The van der Waals surface area contributed by atoms with E-state index in [1.807, 2.05) is 12.1 Å². The van der Waals surface area contributed by atoms with Crippen molar-refractivity contribution in [2.45, 2.75) is 6.54 Å². The van der Waals surface area contributed by atoms with Gasteiger partial charge in [-0.15, -0.1) is 6.58 Å². The number of benzene rings is 1. The predicted octanol–water partition coefficient (Wildman–Crippen LogP) is 0.852. The van der Waals surface area contributed by atoms with Gasteiger partial charge in [-0.25, -0.2) is 0 Å². The van der Waals surface area contributed by atoms with Crippen LogP contribution in [-0.2, 0) is 16.8 Å². The molecule has 118 valence electrons. The molecule has 0 aliphatic carbocycles. The molecule has 0 amide bonds. The quantitative estimate of drug-likeness (QED) is 0.686. The normalized spacial score (nSPS) is 11.9. The van der Waals surface area contributed by atoms with E-state index in [2.05, 4.69) is 6.58 Å². The van der Waals surface area contributed by atoms with Crippen LogP contribution >= 0.6 is 0 Å². The standard InChI is InChI=1S/C14H22N2O4S/c1-4-8-16(9-10-17)21(18,19)15(2)12-13-6-5-7-14(11-13)20-3/h4-7,11,17H,1,8-10,12H2,2-3H3. The first-order chi connectivity index (χ1) is 9.95. The maximum atomic E-state index is 12.4. The van der Waals surface area contributed by atoms with Crippen molar-refractivity contribution in [3.63, 3.8) is 0 Å². The molecule has 0 saturated carbocycles. The third-order valence-electron chi connectivity index (χ3n) is 2.94. The average Bonchev–Trinajstić information content (AvgIpc) is 2.47. The van der Waals surface area contributed by atoms with Gasteiger partial charge in [0, 0.05) is 26.7 Å². The van der Waals surface area contributed by atoms with Gasteiger partial charge in [0.25, 0.3) is 10.2 Å². The molecule has 0 bridgehead atoms. The number of ether oxygens (including phenoxy) is 1. The summed E-state index contributed by atoms with van der Waals surface area (Å²) in [5, 5.41) is 8.99. The van der Waals surface area contributed by atoms with Crippen molar-refractivity contribution < 1.29 is 18.3 Å². The summed E-state index contributed by atoms with van der Waals surface area (Å²) in [6.45, 7) is 3.72. The van der Waals surface area contributed by atoms with Gasteiger partial charge in [-0.1, -0.05) is 18.2 Å². The van der Waals surface area contributed by atoms with Gasteiger partial charge >= 0.3 is 0 Å². The van der Waals surface area contributed by atoms with Crippen LogP contribution in [0.4, 0.5) is 0 Å². The monoisotopic (exact) mass is 314 g/mol. The van der Waals surface area contributed by atoms with Crippen LogP contribution in [0.3, 0.4) is 0 Å². The van der Waals surface area contributed by atoms with Crippen LogP contribution in [0, 0.1) is 0 Å². The predicted molar refractivity (Wildman–Crippen MR) is 82.2 cm³/mol. The Morgan fingerprint density at radius 2 is 2.14 bits per heavy atom. The molecule has 1 rings (SSSR count). The largest absolute Gasteiger partial charge is 0.497 e. The van der Waals surface area contributed by atoms with E-state index in [0.717, 1.165) is 5.56 Å². The van der Waals surface area contributed by atoms with E-state index in [1.54, 1.807) is 19.2 Å². The van der Waals surface area contributed by atoms with Gasteiger partial charge in [-0.2, -0.15) is 17.0 Å². The zero-order chi connectivity index (χ0) is 15.9. The highest BCUT2D eigenvalue weighted by Crippen LogP contribution is 2.16. The molecule has 0 aliphatic heterocycles. The zero-order valence-electron chi connectivity index (χ0n) is 12.4. The molecule has 0 heterocycles. The van der Waals surface area contributed by atoms with Crippen molar-refractivity contribution in [3.05, 3.63) is 42.5 Å². The number of hydrogen-bond donors (Lipinski definition) is 1. The summed E-state index contributed by atoms with van der Waals surface area (Å²) in [5.41, 5.74) is 0.822. The van der Waals surface area contributed by atoms with E-state index >= 15 is 0 Å². The Bertz CT molecular complexity index is 560. The fourth-order valence-electron chi connectivity index (χ4n) is 1.86. The molecule has 6 nitrogen and oxygen atoms in total. The highest BCUT2D eigenvalue weighted by molar-refractivity contribution is 7.86. The molecule has 0 radical (unpaired) electrons. The number of rotatable bonds is 9. The molecule has 0 saturated heterocycles. The molecular weight excluding hydrogens is 292 g/mol. The fourth-order valence-corrected chi connectivity index (χ4v) is 3.18. The maximum Gasteiger partial charge on any atom is 0.282 e. The topological polar surface area (TPSA) is 70.1 Å². The minimum absolute atomic E-state index is 0.0385. The third-order valence-corrected chi connectivity index (χ3v) is 4.84. The van der Waals surface area contributed by atoms with Gasteiger partial charge in [-0.3, -0.25) is 0 Å². The first-order valence-electron chi connectivity index (χ1n) is 6.51. The number of hydrogen-bond acceptors (Lipinski definition) is 4. The lowest BCUT2D eigenvalue weighted by molar-refractivity contribution is 0.253. The third kappa shape index (κ3) is 4.82. The summed E-state index contributed by atoms with van der Waals surface area (Å²) in [6, 6.07) is 7.23. The lowest BCUT2D eigenvalue weighted by Crippen LogP contribution is -2.42. The molecule has 1 aromatic carbocycles. The number of aliphatic hydroxyl groups is 1. The van der Waals surface area contributed by atoms with E-state index in [-0.39, 0.29) is 26.2 Å². The summed E-state index contributed by atoms with van der Waals surface area (Å²) in [4.78, 5) is 0. The Morgan fingerprint density at radius 1 is 1.43 bits per heavy atom. The smallest absolute Gasteiger partial charge is 0.282 e. The van der Waals surface area contributed by atoms with E-state index in [4.69, 9.17) is 9.84 Å². The van der Waals surface area contributed by atoms with Gasteiger partial charge in [-0.05, 0) is 17.7 Å². The average molecular weight is 314 g/mol. The van der Waals surface area contributed by atoms with Crippen LogP contribution in [0.5, 0.6) is 5.75 Å². The zero-order valence-corrected chi connectivity index (χ0v) is 13.2. The number of methoxy groups -OCH3 is 1. The SMILES string of the molecule is C=CCN(CCO)S(=O)(=O)N(C)Cc1cccc(OC)c1. The summed E-state index contributed by atoms with van der Waals surface area (Å²) in [5.74, 6) is 0.677. The molecule has 0 spiro atoms. The Labute approximate surface area is 126 Å². The molecular formula is C14H22N2O4S. The van der Waals surface area contributed by atoms with Crippen molar-refractivity contribution in [2.75, 3.05) is 33.9 Å². The second-order valence-corrected chi connectivity index (χ2v) is 6.52. The summed E-state index contributed by atoms with van der Waals surface area (Å²) in [7, 11) is -0.584. The van der Waals surface area contributed by atoms with Crippen LogP contribution in [0.25, 0.3) is 0 Å². The van der Waals surface area contributed by atoms with Crippen molar-refractivity contribution in [1.82, 2.24) is 8.61 Å². The van der Waals surface area contributed by atoms with Gasteiger partial charge in [0.1, 0.15) is 5.75 Å². The maximum absolute atomic E-state index is 12.4. The van der Waals surface area contributed by atoms with Gasteiger partial charge < -0.3 is 9.84 Å². The van der Waals surface area contributed by atoms with Crippen LogP contribution in [0.2, 0.25) is 0 Å². The Hall–Kier alpha value is -1.41. The number of nitrogens with zero attached hydrogens (tertiary/aromatic N) is 2. The van der Waals surface area contributed by atoms with Crippen LogP contribution in [-0.4, -0.2) is 56.0 Å². The molecule has 1 N–H and O–H groups in total. The highest BCUT2D eigenvalue weighted by atomic mass is 32.2. The van der Waals surface area contributed by atoms with E-state index in [0.29, 0.717) is 5.75 Å². The van der Waals surface area contributed by atoms with Crippen LogP contribution in [0.15, 0.2) is 36.9 Å². The van der Waals surface area contributed by atoms with Crippen molar-refractivity contribution in [2.24, 2.45) is 0 Å². The lowest BCUT2D eigenvalue weighted by atomic mass is 10.2. The Kier molecular flexibility index (Phi) is 6.83. The lowest BCUT2D eigenvalue weighted by Gasteiger charge is -2.26. The molecule has 21 heavy (non-hydrogen) atoms. The molecule has 1 aromatic rings. The second-order valence-electron chi connectivity index (χ2n) is 4.49. The highest BCUT2D eigenvalue weighted by Gasteiger charge is 2.25. The van der Waals surface area contributed by atoms with Crippen LogP contribution < -0.4 is 4.74 Å². The van der Waals surface area contributed by atoms with Gasteiger partial charge in [0.05, 0.1) is 13.7 Å². The first kappa shape index (κ1) is 17.6. The minimum atomic E-state index is -3.65. The summed E-state index contributed by atoms with van der Waals surface area (Å²) >= 11 is 0. The van der Waals surface area contributed by atoms with E-state index in [9.17, 15) is 8.42 Å². The fraction of sp³-hybridized carbons (Fsp3) is 0.429. The van der Waals surface area contributed by atoms with Gasteiger partial charge in [0.15, 0.2) is 0 Å². The summed E-state index contributed by atoms with van der Waals surface area (Å²) < 4.78 is 32.4. The molecule has 0 aliphatic rings. The molecule has 0 aromatic heterocycles. The van der Waals surface area contributed by atoms with Crippen molar-refractivity contribution >= 4 is 10.2 Å². The van der Waals surface area contributed by atoms with Crippen molar-refractivity contribution in [1.29, 1.82) is 0 Å². The van der Waals surface area contributed by atoms with E-state index < -0.39 is 10.2 Å². The molecule has 0 unspecified atom stereocenters. The van der Waals surface area contributed by atoms with E-state index in [1.165, 1.54) is 21.7 Å². The Balaban J connectivity index is 2.88. The minimum Gasteiger partial charge on any atom is -0.497 e. The van der Waals surface area contributed by atoms with Crippen LogP contribution in [0.1, 0.15) is 5.56 Å². The molecule has 0 fully saturated rings. The van der Waals surface area contributed by atoms with Crippen molar-refractivity contribution in [3.8, 4) is 5.75 Å². The Morgan fingerprint density at radius 3 is 2.71 bits per heavy atom. The first-order valence-corrected chi connectivity index (χ1v) is 7.91. The number of aliphatic hydroxyl groups excluding tert-OH is 1. The van der Waals surface area contributed by atoms with Gasteiger partial charge in [0.2, 0.25) is 0 Å².